The number of anilines is 1. The first-order valence-electron chi connectivity index (χ1n) is 8.85. The Morgan fingerprint density at radius 2 is 1.93 bits per heavy atom. The smallest absolute Gasteiger partial charge is 0.228 e. The number of aromatic nitrogens is 4. The van der Waals surface area contributed by atoms with Crippen molar-refractivity contribution in [2.24, 2.45) is 0 Å². The van der Waals surface area contributed by atoms with Gasteiger partial charge in [-0.15, -0.1) is 0 Å². The molecule has 1 aromatic carbocycles. The third-order valence-electron chi connectivity index (χ3n) is 4.17. The number of aryl methyl sites for hydroxylation is 1. The zero-order valence-electron chi connectivity index (χ0n) is 15.5. The Balaban J connectivity index is 1.66. The van der Waals surface area contributed by atoms with Gasteiger partial charge in [0.2, 0.25) is 5.91 Å². The van der Waals surface area contributed by atoms with Crippen molar-refractivity contribution < 1.29 is 9.32 Å². The predicted octanol–water partition coefficient (Wildman–Crippen LogP) is 4.34. The lowest BCUT2D eigenvalue weighted by molar-refractivity contribution is -0.115. The molecule has 1 N–H and O–H groups in total. The van der Waals surface area contributed by atoms with Crippen molar-refractivity contribution in [2.75, 3.05) is 5.32 Å². The van der Waals surface area contributed by atoms with Crippen LogP contribution in [0.3, 0.4) is 0 Å². The van der Waals surface area contributed by atoms with Gasteiger partial charge in [-0.3, -0.25) is 4.79 Å². The maximum atomic E-state index is 12.6. The second-order valence-electron chi connectivity index (χ2n) is 6.32. The summed E-state index contributed by atoms with van der Waals surface area (Å²) in [6.45, 7) is 1.89. The Hall–Kier alpha value is -3.58. The number of nitrogens with one attached hydrogen (secondary N) is 1. The van der Waals surface area contributed by atoms with E-state index in [1.165, 1.54) is 6.26 Å². The van der Waals surface area contributed by atoms with E-state index in [2.05, 4.69) is 25.4 Å². The summed E-state index contributed by atoms with van der Waals surface area (Å²) in [6.07, 6.45) is 3.11. The molecule has 4 aromatic rings. The van der Waals surface area contributed by atoms with Gasteiger partial charge >= 0.3 is 0 Å². The molecule has 1 amide bonds. The molecule has 0 spiro atoms. The highest BCUT2D eigenvalue weighted by molar-refractivity contribution is 6.31. The molecule has 3 aromatic heterocycles. The first kappa shape index (κ1) is 18.8. The molecule has 4 rings (SSSR count). The molecule has 0 unspecified atom stereocenters. The van der Waals surface area contributed by atoms with Crippen LogP contribution in [0.25, 0.3) is 22.9 Å². The summed E-state index contributed by atoms with van der Waals surface area (Å²) in [7, 11) is 0. The lowest BCUT2D eigenvalue weighted by atomic mass is 10.1. The van der Waals surface area contributed by atoms with Crippen LogP contribution >= 0.6 is 11.6 Å². The number of hydrogen-bond acceptors (Lipinski definition) is 6. The highest BCUT2D eigenvalue weighted by atomic mass is 35.5. The maximum absolute atomic E-state index is 12.6. The average Bonchev–Trinajstić information content (AvgIpc) is 3.25. The summed E-state index contributed by atoms with van der Waals surface area (Å²) in [5.74, 6) is 0.184. The van der Waals surface area contributed by atoms with Crippen LogP contribution in [0.4, 0.5) is 5.69 Å². The SMILES string of the molecule is Cc1cccc(-c2ncc(NC(=O)Cc3ccccc3Cl)c(-c3ccon3)n2)n1. The van der Waals surface area contributed by atoms with Crippen molar-refractivity contribution in [3.63, 3.8) is 0 Å². The summed E-state index contributed by atoms with van der Waals surface area (Å²) in [6, 6.07) is 14.5. The third kappa shape index (κ3) is 4.30. The van der Waals surface area contributed by atoms with E-state index in [1.54, 1.807) is 18.3 Å². The Bertz CT molecular complexity index is 1160. The Labute approximate surface area is 171 Å². The van der Waals surface area contributed by atoms with Gasteiger partial charge in [0, 0.05) is 16.8 Å². The van der Waals surface area contributed by atoms with Crippen LogP contribution in [0.15, 0.2) is 65.5 Å². The fourth-order valence-corrected chi connectivity index (χ4v) is 3.01. The van der Waals surface area contributed by atoms with Gasteiger partial charge in [0.1, 0.15) is 23.3 Å². The summed E-state index contributed by atoms with van der Waals surface area (Å²) >= 11 is 6.15. The normalized spacial score (nSPS) is 10.7. The van der Waals surface area contributed by atoms with Gasteiger partial charge in [-0.25, -0.2) is 15.0 Å². The first-order chi connectivity index (χ1) is 14.1. The van der Waals surface area contributed by atoms with Gasteiger partial charge in [-0.1, -0.05) is 41.0 Å². The van der Waals surface area contributed by atoms with Crippen LogP contribution < -0.4 is 5.32 Å². The molecule has 0 aliphatic carbocycles. The summed E-state index contributed by atoms with van der Waals surface area (Å²) < 4.78 is 4.95. The van der Waals surface area contributed by atoms with Gasteiger partial charge < -0.3 is 9.84 Å². The van der Waals surface area contributed by atoms with Gasteiger partial charge in [0.25, 0.3) is 0 Å². The van der Waals surface area contributed by atoms with Gasteiger partial charge in [-0.05, 0) is 30.7 Å². The Kier molecular flexibility index (Phi) is 5.31. The molecule has 0 fully saturated rings. The molecule has 3 heterocycles. The summed E-state index contributed by atoms with van der Waals surface area (Å²) in [4.78, 5) is 26.0. The standard InChI is InChI=1S/C21H16ClN5O2/c1-13-5-4-8-17(24-13)21-23-12-18(20(26-21)16-9-10-29-27-16)25-19(28)11-14-6-2-3-7-15(14)22/h2-10,12H,11H2,1H3,(H,25,28). The number of hydrogen-bond donors (Lipinski definition) is 1. The molecular weight excluding hydrogens is 390 g/mol. The minimum Gasteiger partial charge on any atom is -0.364 e. The number of carbonyl (C=O) groups excluding carboxylic acids is 1. The second-order valence-corrected chi connectivity index (χ2v) is 6.73. The highest BCUT2D eigenvalue weighted by Crippen LogP contribution is 2.27. The molecule has 0 radical (unpaired) electrons. The Morgan fingerprint density at radius 3 is 2.69 bits per heavy atom. The second kappa shape index (κ2) is 8.20. The summed E-state index contributed by atoms with van der Waals surface area (Å²) in [5, 5.41) is 7.33. The van der Waals surface area contributed by atoms with E-state index in [0.717, 1.165) is 11.3 Å². The van der Waals surface area contributed by atoms with Crippen LogP contribution in [0.1, 0.15) is 11.3 Å². The van der Waals surface area contributed by atoms with Gasteiger partial charge in [-0.2, -0.15) is 0 Å². The number of halogens is 1. The number of pyridine rings is 1. The van der Waals surface area contributed by atoms with Gasteiger partial charge in [0.05, 0.1) is 18.3 Å². The number of nitrogens with zero attached hydrogens (tertiary/aromatic N) is 4. The van der Waals surface area contributed by atoms with Crippen molar-refractivity contribution in [1.29, 1.82) is 0 Å². The molecule has 7 nitrogen and oxygen atoms in total. The molecule has 8 heteroatoms. The average molecular weight is 406 g/mol. The molecule has 0 saturated carbocycles. The number of benzene rings is 1. The molecule has 0 saturated heterocycles. The van der Waals surface area contributed by atoms with Crippen LogP contribution in [0, 0.1) is 6.92 Å². The largest absolute Gasteiger partial charge is 0.364 e. The fourth-order valence-electron chi connectivity index (χ4n) is 2.80. The van der Waals surface area contributed by atoms with E-state index in [4.69, 9.17) is 16.1 Å². The molecular formula is C21H16ClN5O2. The van der Waals surface area contributed by atoms with E-state index < -0.39 is 0 Å². The zero-order chi connectivity index (χ0) is 20.2. The summed E-state index contributed by atoms with van der Waals surface area (Å²) in [5.41, 5.74) is 3.56. The van der Waals surface area contributed by atoms with Gasteiger partial charge in [0.15, 0.2) is 5.82 Å². The molecule has 0 atom stereocenters. The molecule has 0 bridgehead atoms. The lowest BCUT2D eigenvalue weighted by Crippen LogP contribution is -2.16. The van der Waals surface area contributed by atoms with Crippen molar-refractivity contribution in [3.8, 4) is 22.9 Å². The molecule has 0 aliphatic heterocycles. The van der Waals surface area contributed by atoms with Crippen LogP contribution in [-0.4, -0.2) is 26.0 Å². The van der Waals surface area contributed by atoms with E-state index in [9.17, 15) is 4.79 Å². The zero-order valence-corrected chi connectivity index (χ0v) is 16.2. The number of carbonyl (C=O) groups is 1. The van der Waals surface area contributed by atoms with Crippen LogP contribution in [0.5, 0.6) is 0 Å². The number of amides is 1. The highest BCUT2D eigenvalue weighted by Gasteiger charge is 2.16. The molecule has 29 heavy (non-hydrogen) atoms. The van der Waals surface area contributed by atoms with Crippen molar-refractivity contribution in [3.05, 3.63) is 77.3 Å². The predicted molar refractivity (Wildman–Crippen MR) is 109 cm³/mol. The number of rotatable bonds is 5. The first-order valence-corrected chi connectivity index (χ1v) is 9.23. The van der Waals surface area contributed by atoms with Crippen molar-refractivity contribution >= 4 is 23.2 Å². The topological polar surface area (TPSA) is 93.8 Å². The van der Waals surface area contributed by atoms with Crippen LogP contribution in [-0.2, 0) is 11.2 Å². The lowest BCUT2D eigenvalue weighted by Gasteiger charge is -2.10. The maximum Gasteiger partial charge on any atom is 0.228 e. The van der Waals surface area contributed by atoms with E-state index >= 15 is 0 Å². The monoisotopic (exact) mass is 405 g/mol. The van der Waals surface area contributed by atoms with E-state index in [0.29, 0.717) is 33.6 Å². The molecule has 0 aliphatic rings. The van der Waals surface area contributed by atoms with E-state index in [-0.39, 0.29) is 12.3 Å². The minimum atomic E-state index is -0.243. The quantitative estimate of drug-likeness (QED) is 0.531. The van der Waals surface area contributed by atoms with Crippen LogP contribution in [0.2, 0.25) is 5.02 Å². The van der Waals surface area contributed by atoms with Crippen molar-refractivity contribution in [1.82, 2.24) is 20.1 Å². The minimum absolute atomic E-state index is 0.124. The van der Waals surface area contributed by atoms with E-state index in [1.807, 2.05) is 43.3 Å². The third-order valence-corrected chi connectivity index (χ3v) is 4.54. The molecule has 144 valence electrons. The van der Waals surface area contributed by atoms with Crippen molar-refractivity contribution in [2.45, 2.75) is 13.3 Å². The Morgan fingerprint density at radius 1 is 1.07 bits per heavy atom. The fraction of sp³-hybridized carbons (Fsp3) is 0.0952.